The average Bonchev–Trinajstić information content (AvgIpc) is 3.24. The molecule has 0 unspecified atom stereocenters. The van der Waals surface area contributed by atoms with Crippen molar-refractivity contribution in [3.63, 3.8) is 0 Å². The molecule has 2 aromatic rings. The molecule has 2 amide bonds. The molecule has 7 heteroatoms. The molecular formula is C25H30FN3O3. The number of nitrogens with zero attached hydrogens (tertiary/aromatic N) is 3. The van der Waals surface area contributed by atoms with Gasteiger partial charge in [0.1, 0.15) is 12.4 Å². The van der Waals surface area contributed by atoms with Crippen molar-refractivity contribution in [2.45, 2.75) is 39.7 Å². The summed E-state index contributed by atoms with van der Waals surface area (Å²) < 4.78 is 18.6. The summed E-state index contributed by atoms with van der Waals surface area (Å²) in [5.74, 6) is -0.735. The zero-order chi connectivity index (χ0) is 23.3. The van der Waals surface area contributed by atoms with E-state index in [1.807, 2.05) is 26.0 Å². The Kier molecular flexibility index (Phi) is 7.75. The summed E-state index contributed by atoms with van der Waals surface area (Å²) in [6, 6.07) is 11.9. The lowest BCUT2D eigenvalue weighted by atomic mass is 9.96. The quantitative estimate of drug-likeness (QED) is 0.625. The van der Waals surface area contributed by atoms with E-state index in [0.717, 1.165) is 22.4 Å². The fourth-order valence-corrected chi connectivity index (χ4v) is 3.73. The van der Waals surface area contributed by atoms with Crippen molar-refractivity contribution in [1.29, 1.82) is 0 Å². The van der Waals surface area contributed by atoms with Crippen LogP contribution in [0.4, 0.5) is 4.39 Å². The number of hydrogen-bond donors (Lipinski definition) is 0. The van der Waals surface area contributed by atoms with E-state index in [1.165, 1.54) is 27.6 Å². The Morgan fingerprint density at radius 3 is 2.50 bits per heavy atom. The molecule has 0 N–H and O–H groups in total. The molecule has 1 heterocycles. The maximum atomic E-state index is 13.5. The lowest BCUT2D eigenvalue weighted by Crippen LogP contribution is -2.42. The highest BCUT2D eigenvalue weighted by molar-refractivity contribution is 6.03. The molecule has 1 aliphatic heterocycles. The van der Waals surface area contributed by atoms with Crippen molar-refractivity contribution in [2.24, 2.45) is 5.10 Å². The average molecular weight is 440 g/mol. The third-order valence-corrected chi connectivity index (χ3v) is 5.81. The number of halogens is 1. The first-order chi connectivity index (χ1) is 15.3. The zero-order valence-electron chi connectivity index (χ0n) is 19.1. The number of hydrazone groups is 1. The van der Waals surface area contributed by atoms with Gasteiger partial charge < -0.3 is 9.64 Å². The molecule has 0 radical (unpaired) electrons. The molecule has 32 heavy (non-hydrogen) atoms. The Morgan fingerprint density at radius 1 is 1.16 bits per heavy atom. The molecule has 6 nitrogen and oxygen atoms in total. The second-order valence-corrected chi connectivity index (χ2v) is 8.02. The minimum Gasteiger partial charge on any atom is -0.383 e. The van der Waals surface area contributed by atoms with Crippen LogP contribution < -0.4 is 0 Å². The Morgan fingerprint density at radius 2 is 1.88 bits per heavy atom. The van der Waals surface area contributed by atoms with E-state index in [-0.39, 0.29) is 30.2 Å². The van der Waals surface area contributed by atoms with Crippen molar-refractivity contribution in [2.75, 3.05) is 26.8 Å². The molecule has 0 aromatic heterocycles. The summed E-state index contributed by atoms with van der Waals surface area (Å²) in [6.07, 6.45) is 0.815. The van der Waals surface area contributed by atoms with Gasteiger partial charge in [-0.1, -0.05) is 31.2 Å². The predicted octanol–water partition coefficient (Wildman–Crippen LogP) is 4.01. The second kappa shape index (κ2) is 10.5. The van der Waals surface area contributed by atoms with Gasteiger partial charge in [0.05, 0.1) is 18.4 Å². The molecule has 0 fully saturated rings. The Hall–Kier alpha value is -3.06. The van der Waals surface area contributed by atoms with Gasteiger partial charge in [-0.15, -0.1) is 0 Å². The normalized spacial score (nSPS) is 15.6. The van der Waals surface area contributed by atoms with E-state index in [0.29, 0.717) is 26.0 Å². The first-order valence-electron chi connectivity index (χ1n) is 10.8. The van der Waals surface area contributed by atoms with Gasteiger partial charge in [-0.2, -0.15) is 5.10 Å². The van der Waals surface area contributed by atoms with Gasteiger partial charge in [-0.3, -0.25) is 9.59 Å². The van der Waals surface area contributed by atoms with E-state index in [4.69, 9.17) is 4.74 Å². The molecular weight excluding hydrogens is 409 g/mol. The van der Waals surface area contributed by atoms with Gasteiger partial charge in [0.2, 0.25) is 5.91 Å². The molecule has 0 aliphatic carbocycles. The van der Waals surface area contributed by atoms with Crippen LogP contribution in [-0.2, 0) is 14.3 Å². The first kappa shape index (κ1) is 23.6. The number of benzene rings is 2. The predicted molar refractivity (Wildman–Crippen MR) is 122 cm³/mol. The highest BCUT2D eigenvalue weighted by Gasteiger charge is 2.34. The molecule has 170 valence electrons. The van der Waals surface area contributed by atoms with Crippen LogP contribution in [0.1, 0.15) is 48.1 Å². The van der Waals surface area contributed by atoms with E-state index < -0.39 is 0 Å². The minimum atomic E-state index is -0.360. The number of aryl methyl sites for hydroxylation is 2. The number of amides is 2. The Balaban J connectivity index is 1.91. The lowest BCUT2D eigenvalue weighted by Gasteiger charge is -2.26. The SMILES string of the molecule is CCC(=O)N(CCOC)CC(=O)N1N=C(c2ccc(C)c(C)c2)C[C@@H]1c1ccc(F)cc1. The molecule has 2 aromatic carbocycles. The van der Waals surface area contributed by atoms with E-state index in [9.17, 15) is 14.0 Å². The van der Waals surface area contributed by atoms with Crippen LogP contribution in [0.3, 0.4) is 0 Å². The summed E-state index contributed by atoms with van der Waals surface area (Å²) in [5, 5.41) is 6.11. The summed E-state index contributed by atoms with van der Waals surface area (Å²) in [4.78, 5) is 27.1. The van der Waals surface area contributed by atoms with Crippen LogP contribution in [0.2, 0.25) is 0 Å². The van der Waals surface area contributed by atoms with E-state index in [2.05, 4.69) is 11.2 Å². The number of hydrogen-bond acceptors (Lipinski definition) is 4. The second-order valence-electron chi connectivity index (χ2n) is 8.02. The van der Waals surface area contributed by atoms with Crippen LogP contribution in [0.5, 0.6) is 0 Å². The van der Waals surface area contributed by atoms with Gasteiger partial charge in [-0.25, -0.2) is 9.40 Å². The number of rotatable bonds is 8. The zero-order valence-corrected chi connectivity index (χ0v) is 19.1. The van der Waals surface area contributed by atoms with Gasteiger partial charge in [0.25, 0.3) is 5.91 Å². The van der Waals surface area contributed by atoms with Gasteiger partial charge in [0, 0.05) is 26.5 Å². The summed E-state index contributed by atoms with van der Waals surface area (Å²) in [7, 11) is 1.56. The fourth-order valence-electron chi connectivity index (χ4n) is 3.73. The molecule has 3 rings (SSSR count). The van der Waals surface area contributed by atoms with Crippen molar-refractivity contribution in [1.82, 2.24) is 9.91 Å². The highest BCUT2D eigenvalue weighted by Crippen LogP contribution is 2.33. The van der Waals surface area contributed by atoms with Crippen molar-refractivity contribution >= 4 is 17.5 Å². The van der Waals surface area contributed by atoms with Crippen molar-refractivity contribution < 1.29 is 18.7 Å². The lowest BCUT2D eigenvalue weighted by molar-refractivity contribution is -0.141. The standard InChI is InChI=1S/C25H30FN3O3/c1-5-24(30)28(12-13-32-4)16-25(31)29-23(19-8-10-21(26)11-9-19)15-22(27-29)20-7-6-17(2)18(3)14-20/h6-11,14,23H,5,12-13,15-16H2,1-4H3/t23-/m1/s1. The van der Waals surface area contributed by atoms with Crippen LogP contribution in [-0.4, -0.2) is 54.2 Å². The molecule has 0 saturated carbocycles. The van der Waals surface area contributed by atoms with Gasteiger partial charge in [0.15, 0.2) is 0 Å². The molecule has 0 saturated heterocycles. The number of carbonyl (C=O) groups excluding carboxylic acids is 2. The van der Waals surface area contributed by atoms with Crippen LogP contribution in [0, 0.1) is 19.7 Å². The molecule has 0 bridgehead atoms. The highest BCUT2D eigenvalue weighted by atomic mass is 19.1. The number of ether oxygens (including phenoxy) is 1. The van der Waals surface area contributed by atoms with Gasteiger partial charge >= 0.3 is 0 Å². The Labute approximate surface area is 188 Å². The number of methoxy groups -OCH3 is 1. The smallest absolute Gasteiger partial charge is 0.262 e. The maximum Gasteiger partial charge on any atom is 0.262 e. The monoisotopic (exact) mass is 439 g/mol. The third kappa shape index (κ3) is 5.40. The molecule has 1 atom stereocenters. The van der Waals surface area contributed by atoms with Crippen molar-refractivity contribution in [3.05, 3.63) is 70.5 Å². The third-order valence-electron chi connectivity index (χ3n) is 5.81. The Bertz CT molecular complexity index is 1000. The van der Waals surface area contributed by atoms with E-state index >= 15 is 0 Å². The molecule has 1 aliphatic rings. The van der Waals surface area contributed by atoms with Crippen LogP contribution in [0.25, 0.3) is 0 Å². The van der Waals surface area contributed by atoms with Gasteiger partial charge in [-0.05, 0) is 54.3 Å². The van der Waals surface area contributed by atoms with Crippen LogP contribution in [0.15, 0.2) is 47.6 Å². The van der Waals surface area contributed by atoms with E-state index in [1.54, 1.807) is 26.2 Å². The maximum absolute atomic E-state index is 13.5. The molecule has 0 spiro atoms. The van der Waals surface area contributed by atoms with Crippen LogP contribution >= 0.6 is 0 Å². The summed E-state index contributed by atoms with van der Waals surface area (Å²) >= 11 is 0. The topological polar surface area (TPSA) is 62.2 Å². The number of carbonyl (C=O) groups is 2. The first-order valence-corrected chi connectivity index (χ1v) is 10.8. The largest absolute Gasteiger partial charge is 0.383 e. The summed E-state index contributed by atoms with van der Waals surface area (Å²) in [5.41, 5.74) is 4.87. The minimum absolute atomic E-state index is 0.0859. The fraction of sp³-hybridized carbons (Fsp3) is 0.400. The van der Waals surface area contributed by atoms with Crippen molar-refractivity contribution in [3.8, 4) is 0 Å². The summed E-state index contributed by atoms with van der Waals surface area (Å²) in [6.45, 7) is 6.44.